The van der Waals surface area contributed by atoms with Gasteiger partial charge in [0.25, 0.3) is 10.0 Å². The van der Waals surface area contributed by atoms with Gasteiger partial charge in [-0.3, -0.25) is 9.10 Å². The van der Waals surface area contributed by atoms with Crippen LogP contribution in [-0.4, -0.2) is 27.5 Å². The molecule has 3 rings (SSSR count). The summed E-state index contributed by atoms with van der Waals surface area (Å²) in [6, 6.07) is 19.5. The molecule has 0 radical (unpaired) electrons. The second-order valence-corrected chi connectivity index (χ2v) is 9.64. The van der Waals surface area contributed by atoms with E-state index in [1.807, 2.05) is 0 Å². The number of halogens is 2. The van der Waals surface area contributed by atoms with Crippen molar-refractivity contribution >= 4 is 54.8 Å². The molecule has 1 N–H and O–H groups in total. The van der Waals surface area contributed by atoms with E-state index in [0.717, 1.165) is 8.78 Å². The standard InChI is InChI=1S/C22H20BrClN2O4S/c1-2-30-21-6-4-3-5-20(21)26(31(28,29)19-13-9-17(24)10-14-19)15-22(27)25-18-11-7-16(23)8-12-18/h3-14H,2,15H2,1H3,(H,25,27). The number of rotatable bonds is 8. The largest absolute Gasteiger partial charge is 0.492 e. The van der Waals surface area contributed by atoms with Crippen molar-refractivity contribution in [1.29, 1.82) is 0 Å². The maximum atomic E-state index is 13.5. The van der Waals surface area contributed by atoms with E-state index >= 15 is 0 Å². The Morgan fingerprint density at radius 1 is 1.03 bits per heavy atom. The van der Waals surface area contributed by atoms with Crippen molar-refractivity contribution in [3.8, 4) is 5.75 Å². The molecule has 0 aliphatic carbocycles. The number of para-hydroxylation sites is 2. The Morgan fingerprint density at radius 3 is 2.32 bits per heavy atom. The summed E-state index contributed by atoms with van der Waals surface area (Å²) in [5.74, 6) is -0.134. The van der Waals surface area contributed by atoms with Crippen molar-refractivity contribution in [2.24, 2.45) is 0 Å². The van der Waals surface area contributed by atoms with Gasteiger partial charge in [-0.25, -0.2) is 8.42 Å². The molecule has 9 heteroatoms. The van der Waals surface area contributed by atoms with Crippen LogP contribution in [0.1, 0.15) is 6.92 Å². The fourth-order valence-corrected chi connectivity index (χ4v) is 4.66. The van der Waals surface area contributed by atoms with Crippen molar-refractivity contribution in [2.75, 3.05) is 22.8 Å². The Labute approximate surface area is 195 Å². The molecule has 0 aliphatic rings. The van der Waals surface area contributed by atoms with Crippen LogP contribution in [0.25, 0.3) is 0 Å². The molecule has 6 nitrogen and oxygen atoms in total. The maximum absolute atomic E-state index is 13.5. The van der Waals surface area contributed by atoms with E-state index < -0.39 is 22.5 Å². The van der Waals surface area contributed by atoms with Crippen LogP contribution >= 0.6 is 27.5 Å². The molecule has 0 fully saturated rings. The number of hydrogen-bond acceptors (Lipinski definition) is 4. The SMILES string of the molecule is CCOc1ccccc1N(CC(=O)Nc1ccc(Br)cc1)S(=O)(=O)c1ccc(Cl)cc1. The van der Waals surface area contributed by atoms with Gasteiger partial charge in [-0.1, -0.05) is 39.7 Å². The first-order chi connectivity index (χ1) is 14.8. The van der Waals surface area contributed by atoms with E-state index in [4.69, 9.17) is 16.3 Å². The normalized spacial score (nSPS) is 11.1. The van der Waals surface area contributed by atoms with E-state index in [-0.39, 0.29) is 10.6 Å². The Balaban J connectivity index is 1.99. The number of carbonyl (C=O) groups is 1. The van der Waals surface area contributed by atoms with E-state index in [1.165, 1.54) is 24.3 Å². The van der Waals surface area contributed by atoms with Gasteiger partial charge in [0.05, 0.1) is 17.2 Å². The lowest BCUT2D eigenvalue weighted by Crippen LogP contribution is -2.38. The minimum Gasteiger partial charge on any atom is -0.492 e. The fourth-order valence-electron chi connectivity index (χ4n) is 2.84. The van der Waals surface area contributed by atoms with Crippen LogP contribution in [-0.2, 0) is 14.8 Å². The number of ether oxygens (including phenoxy) is 1. The number of carbonyl (C=O) groups excluding carboxylic acids is 1. The summed E-state index contributed by atoms with van der Waals surface area (Å²) in [6.45, 7) is 1.71. The number of hydrogen-bond donors (Lipinski definition) is 1. The summed E-state index contributed by atoms with van der Waals surface area (Å²) in [4.78, 5) is 12.8. The summed E-state index contributed by atoms with van der Waals surface area (Å²) in [7, 11) is -4.08. The molecule has 0 heterocycles. The topological polar surface area (TPSA) is 75.7 Å². The van der Waals surface area contributed by atoms with Gasteiger partial charge in [-0.05, 0) is 67.6 Å². The van der Waals surface area contributed by atoms with Gasteiger partial charge in [-0.2, -0.15) is 0 Å². The zero-order chi connectivity index (χ0) is 22.4. The van der Waals surface area contributed by atoms with Crippen LogP contribution < -0.4 is 14.4 Å². The molecule has 3 aromatic rings. The smallest absolute Gasteiger partial charge is 0.264 e. The van der Waals surface area contributed by atoms with Gasteiger partial charge >= 0.3 is 0 Å². The zero-order valence-electron chi connectivity index (χ0n) is 16.6. The number of nitrogens with one attached hydrogen (secondary N) is 1. The van der Waals surface area contributed by atoms with Gasteiger partial charge < -0.3 is 10.1 Å². The Bertz CT molecular complexity index is 1150. The van der Waals surface area contributed by atoms with Crippen molar-refractivity contribution in [3.63, 3.8) is 0 Å². The molecular weight excluding hydrogens is 504 g/mol. The average Bonchev–Trinajstić information content (AvgIpc) is 2.75. The van der Waals surface area contributed by atoms with E-state index in [9.17, 15) is 13.2 Å². The molecule has 0 unspecified atom stereocenters. The summed E-state index contributed by atoms with van der Waals surface area (Å²) in [5.41, 5.74) is 0.820. The highest BCUT2D eigenvalue weighted by molar-refractivity contribution is 9.10. The maximum Gasteiger partial charge on any atom is 0.264 e. The predicted octanol–water partition coefficient (Wildman–Crippen LogP) is 5.34. The molecule has 0 saturated heterocycles. The van der Waals surface area contributed by atoms with E-state index in [1.54, 1.807) is 55.5 Å². The number of nitrogens with zero attached hydrogens (tertiary/aromatic N) is 1. The summed E-state index contributed by atoms with van der Waals surface area (Å²) < 4.78 is 34.5. The summed E-state index contributed by atoms with van der Waals surface area (Å²) in [6.07, 6.45) is 0. The molecule has 162 valence electrons. The van der Waals surface area contributed by atoms with Gasteiger partial charge in [0.2, 0.25) is 5.91 Å². The first kappa shape index (κ1) is 23.1. The lowest BCUT2D eigenvalue weighted by Gasteiger charge is -2.26. The Hall–Kier alpha value is -2.55. The quantitative estimate of drug-likeness (QED) is 0.433. The molecule has 0 aromatic heterocycles. The minimum atomic E-state index is -4.08. The third-order valence-electron chi connectivity index (χ3n) is 4.25. The van der Waals surface area contributed by atoms with Crippen molar-refractivity contribution < 1.29 is 17.9 Å². The van der Waals surface area contributed by atoms with Crippen LogP contribution in [0, 0.1) is 0 Å². The lowest BCUT2D eigenvalue weighted by molar-refractivity contribution is -0.114. The van der Waals surface area contributed by atoms with Gasteiger partial charge in [-0.15, -0.1) is 0 Å². The molecule has 0 spiro atoms. The van der Waals surface area contributed by atoms with Crippen LogP contribution in [0.15, 0.2) is 82.2 Å². The van der Waals surface area contributed by atoms with Gasteiger partial charge in [0, 0.05) is 15.2 Å². The monoisotopic (exact) mass is 522 g/mol. The number of benzene rings is 3. The third-order valence-corrected chi connectivity index (χ3v) is 6.81. The number of amides is 1. The molecule has 1 amide bonds. The van der Waals surface area contributed by atoms with E-state index in [2.05, 4.69) is 21.2 Å². The highest BCUT2D eigenvalue weighted by Gasteiger charge is 2.29. The number of anilines is 2. The predicted molar refractivity (Wildman–Crippen MR) is 126 cm³/mol. The first-order valence-corrected chi connectivity index (χ1v) is 12.0. The lowest BCUT2D eigenvalue weighted by atomic mass is 10.3. The average molecular weight is 524 g/mol. The van der Waals surface area contributed by atoms with E-state index in [0.29, 0.717) is 23.1 Å². The second kappa shape index (κ2) is 10.2. The second-order valence-electron chi connectivity index (χ2n) is 6.42. The fraction of sp³-hybridized carbons (Fsp3) is 0.136. The Kier molecular flexibility index (Phi) is 7.59. The first-order valence-electron chi connectivity index (χ1n) is 9.37. The molecule has 0 aliphatic heterocycles. The Morgan fingerprint density at radius 2 is 1.68 bits per heavy atom. The van der Waals surface area contributed by atoms with Crippen molar-refractivity contribution in [3.05, 3.63) is 82.3 Å². The molecular formula is C22H20BrClN2O4S. The number of sulfonamides is 1. The molecule has 0 saturated carbocycles. The minimum absolute atomic E-state index is 0.0136. The summed E-state index contributed by atoms with van der Waals surface area (Å²) in [5, 5.41) is 3.14. The molecule has 0 bridgehead atoms. The van der Waals surface area contributed by atoms with Crippen molar-refractivity contribution in [1.82, 2.24) is 0 Å². The highest BCUT2D eigenvalue weighted by atomic mass is 79.9. The van der Waals surface area contributed by atoms with Crippen LogP contribution in [0.4, 0.5) is 11.4 Å². The van der Waals surface area contributed by atoms with Crippen LogP contribution in [0.2, 0.25) is 5.02 Å². The van der Waals surface area contributed by atoms with Crippen LogP contribution in [0.3, 0.4) is 0 Å². The zero-order valence-corrected chi connectivity index (χ0v) is 19.7. The molecule has 3 aromatic carbocycles. The van der Waals surface area contributed by atoms with Crippen LogP contribution in [0.5, 0.6) is 5.75 Å². The van der Waals surface area contributed by atoms with Crippen molar-refractivity contribution in [2.45, 2.75) is 11.8 Å². The summed E-state index contributed by atoms with van der Waals surface area (Å²) >= 11 is 9.25. The molecule has 0 atom stereocenters. The van der Waals surface area contributed by atoms with Gasteiger partial charge in [0.15, 0.2) is 0 Å². The third kappa shape index (κ3) is 5.78. The highest BCUT2D eigenvalue weighted by Crippen LogP contribution is 2.32. The van der Waals surface area contributed by atoms with Gasteiger partial charge in [0.1, 0.15) is 12.3 Å². The molecule has 31 heavy (non-hydrogen) atoms.